The molecule has 0 aromatic rings. The highest BCUT2D eigenvalue weighted by molar-refractivity contribution is 7.46. The third kappa shape index (κ3) is 40.8. The Kier molecular flexibility index (Phi) is 37.2. The van der Waals surface area contributed by atoms with Crippen molar-refractivity contribution in [3.8, 4) is 0 Å². The molecule has 0 saturated heterocycles. The van der Waals surface area contributed by atoms with Crippen LogP contribution in [0.1, 0.15) is 194 Å². The molecular weight excluding hydrogens is 675 g/mol. The van der Waals surface area contributed by atoms with Gasteiger partial charge >= 0.3 is 19.8 Å². The van der Waals surface area contributed by atoms with Crippen LogP contribution in [0.25, 0.3) is 0 Å². The van der Waals surface area contributed by atoms with Gasteiger partial charge in [-0.3, -0.25) is 14.1 Å². The summed E-state index contributed by atoms with van der Waals surface area (Å²) in [6, 6.07) is 0. The quantitative estimate of drug-likeness (QED) is 0.0277. The Balaban J connectivity index is 3.97. The van der Waals surface area contributed by atoms with Crippen molar-refractivity contribution >= 4 is 19.8 Å². The van der Waals surface area contributed by atoms with Crippen LogP contribution in [0.5, 0.6) is 0 Å². The number of esters is 2. The number of phosphoric ester groups is 1. The number of phosphoric acid groups is 1. The van der Waals surface area contributed by atoms with Gasteiger partial charge in [-0.25, -0.2) is 4.57 Å². The molecule has 0 unspecified atom stereocenters. The summed E-state index contributed by atoms with van der Waals surface area (Å²) in [5.74, 6) is -0.914. The number of rotatable bonds is 38. The van der Waals surface area contributed by atoms with Gasteiger partial charge in [0, 0.05) is 12.8 Å². The smallest absolute Gasteiger partial charge is 0.462 e. The van der Waals surface area contributed by atoms with Gasteiger partial charge in [-0.1, -0.05) is 152 Å². The summed E-state index contributed by atoms with van der Waals surface area (Å²) in [7, 11) is -4.76. The molecular formula is C43H77O8P. The molecule has 0 amide bonds. The summed E-state index contributed by atoms with van der Waals surface area (Å²) >= 11 is 0. The van der Waals surface area contributed by atoms with Crippen molar-refractivity contribution in [3.05, 3.63) is 48.6 Å². The third-order valence-corrected chi connectivity index (χ3v) is 9.31. The molecule has 0 aromatic carbocycles. The Hall–Kier alpha value is -1.99. The highest BCUT2D eigenvalue weighted by Crippen LogP contribution is 2.36. The Morgan fingerprint density at radius 2 is 0.865 bits per heavy atom. The predicted molar refractivity (Wildman–Crippen MR) is 216 cm³/mol. The van der Waals surface area contributed by atoms with Crippen LogP contribution in [-0.2, 0) is 28.2 Å². The second kappa shape index (κ2) is 38.7. The molecule has 302 valence electrons. The number of hydrogen-bond donors (Lipinski definition) is 2. The Bertz CT molecular complexity index is 984. The van der Waals surface area contributed by atoms with Crippen LogP contribution in [-0.4, -0.2) is 41.0 Å². The molecule has 0 spiro atoms. The SMILES string of the molecule is CCCCC/C=C\C/C=C\C/C=C\CCCCCCC(=O)OC[C@H](COP(=O)(O)O)OC(=O)CCCCCCCCC/C=C\CCCCCCCC. The highest BCUT2D eigenvalue weighted by Gasteiger charge is 2.22. The molecule has 0 aliphatic heterocycles. The van der Waals surface area contributed by atoms with Crippen molar-refractivity contribution in [2.75, 3.05) is 13.2 Å². The zero-order valence-electron chi connectivity index (χ0n) is 33.2. The summed E-state index contributed by atoms with van der Waals surface area (Å²) in [4.78, 5) is 42.8. The van der Waals surface area contributed by atoms with Crippen LogP contribution in [0.3, 0.4) is 0 Å². The zero-order valence-corrected chi connectivity index (χ0v) is 34.1. The summed E-state index contributed by atoms with van der Waals surface area (Å²) in [6.45, 7) is 3.63. The molecule has 0 aliphatic carbocycles. The molecule has 0 heterocycles. The molecule has 0 bridgehead atoms. The van der Waals surface area contributed by atoms with E-state index < -0.39 is 32.5 Å². The van der Waals surface area contributed by atoms with Crippen LogP contribution < -0.4 is 0 Å². The number of ether oxygens (including phenoxy) is 2. The first-order valence-electron chi connectivity index (χ1n) is 20.9. The maximum absolute atomic E-state index is 12.4. The fourth-order valence-electron chi connectivity index (χ4n) is 5.67. The van der Waals surface area contributed by atoms with Crippen molar-refractivity contribution < 1.29 is 37.9 Å². The Morgan fingerprint density at radius 3 is 1.35 bits per heavy atom. The Morgan fingerprint density at radius 1 is 0.500 bits per heavy atom. The van der Waals surface area contributed by atoms with Gasteiger partial charge in [0.2, 0.25) is 0 Å². The number of carbonyl (C=O) groups is 2. The van der Waals surface area contributed by atoms with Crippen molar-refractivity contribution in [2.45, 2.75) is 200 Å². The van der Waals surface area contributed by atoms with Crippen molar-refractivity contribution in [2.24, 2.45) is 0 Å². The largest absolute Gasteiger partial charge is 0.469 e. The highest BCUT2D eigenvalue weighted by atomic mass is 31.2. The monoisotopic (exact) mass is 753 g/mol. The van der Waals surface area contributed by atoms with Crippen LogP contribution in [0.15, 0.2) is 48.6 Å². The van der Waals surface area contributed by atoms with Crippen molar-refractivity contribution in [1.29, 1.82) is 0 Å². The van der Waals surface area contributed by atoms with Gasteiger partial charge < -0.3 is 19.3 Å². The van der Waals surface area contributed by atoms with E-state index in [0.29, 0.717) is 12.8 Å². The van der Waals surface area contributed by atoms with E-state index >= 15 is 0 Å². The molecule has 0 aromatic heterocycles. The van der Waals surface area contributed by atoms with Crippen molar-refractivity contribution in [1.82, 2.24) is 0 Å². The van der Waals surface area contributed by atoms with E-state index in [1.54, 1.807) is 0 Å². The lowest BCUT2D eigenvalue weighted by Gasteiger charge is -2.18. The fraction of sp³-hybridized carbons (Fsp3) is 0.767. The van der Waals surface area contributed by atoms with Crippen LogP contribution in [0.2, 0.25) is 0 Å². The van der Waals surface area contributed by atoms with E-state index in [0.717, 1.165) is 64.2 Å². The van der Waals surface area contributed by atoms with Gasteiger partial charge in [0.25, 0.3) is 0 Å². The molecule has 0 saturated carbocycles. The van der Waals surface area contributed by atoms with Gasteiger partial charge in [0.1, 0.15) is 6.61 Å². The topological polar surface area (TPSA) is 119 Å². The first-order chi connectivity index (χ1) is 25.3. The minimum atomic E-state index is -4.76. The second-order valence-electron chi connectivity index (χ2n) is 14.0. The van der Waals surface area contributed by atoms with E-state index in [1.165, 1.54) is 89.9 Å². The lowest BCUT2D eigenvalue weighted by atomic mass is 10.1. The molecule has 9 heteroatoms. The molecule has 52 heavy (non-hydrogen) atoms. The van der Waals surface area contributed by atoms with Crippen molar-refractivity contribution in [3.63, 3.8) is 0 Å². The van der Waals surface area contributed by atoms with Crippen LogP contribution in [0, 0.1) is 0 Å². The summed E-state index contributed by atoms with van der Waals surface area (Å²) < 4.78 is 26.4. The molecule has 0 aliphatic rings. The van der Waals surface area contributed by atoms with E-state index in [4.69, 9.17) is 19.3 Å². The minimum Gasteiger partial charge on any atom is -0.462 e. The van der Waals surface area contributed by atoms with E-state index in [-0.39, 0.29) is 19.4 Å². The maximum Gasteiger partial charge on any atom is 0.469 e. The number of unbranched alkanes of at least 4 members (excludes halogenated alkanes) is 20. The lowest BCUT2D eigenvalue weighted by Crippen LogP contribution is -2.29. The first-order valence-corrected chi connectivity index (χ1v) is 22.5. The maximum atomic E-state index is 12.4. The number of hydrogen-bond acceptors (Lipinski definition) is 6. The molecule has 2 N–H and O–H groups in total. The average Bonchev–Trinajstić information content (AvgIpc) is 3.11. The van der Waals surface area contributed by atoms with Gasteiger partial charge in [-0.05, 0) is 77.0 Å². The second-order valence-corrected chi connectivity index (χ2v) is 15.2. The van der Waals surface area contributed by atoms with Gasteiger partial charge in [0.05, 0.1) is 6.61 Å². The Labute approximate surface area is 318 Å². The van der Waals surface area contributed by atoms with Gasteiger partial charge in [-0.15, -0.1) is 0 Å². The number of allylic oxidation sites excluding steroid dienone is 8. The summed E-state index contributed by atoms with van der Waals surface area (Å²) in [5, 5.41) is 0. The summed E-state index contributed by atoms with van der Waals surface area (Å²) in [5.41, 5.74) is 0. The lowest BCUT2D eigenvalue weighted by molar-refractivity contribution is -0.161. The molecule has 0 fully saturated rings. The standard InChI is InChI=1S/C43H77O8P/c1-3-5-7-9-11-13-15-17-19-21-23-25-27-29-31-33-35-37-42(44)49-39-41(40-50-52(46,47)48)51-43(45)38-36-34-32-30-28-26-24-22-20-18-16-14-12-10-8-6-4-2/h11,13,17-20,23,25,41H,3-10,12,14-16,21-22,24,26-40H2,1-2H3,(H2,46,47,48)/b13-11-,19-17-,20-18-,25-23-/t41-/m1/s1. The molecule has 1 atom stereocenters. The number of carbonyl (C=O) groups excluding carboxylic acids is 2. The molecule has 0 rings (SSSR count). The fourth-order valence-corrected chi connectivity index (χ4v) is 6.03. The van der Waals surface area contributed by atoms with Crippen LogP contribution in [0.4, 0.5) is 0 Å². The van der Waals surface area contributed by atoms with Gasteiger partial charge in [0.15, 0.2) is 6.10 Å². The van der Waals surface area contributed by atoms with Crippen LogP contribution >= 0.6 is 7.82 Å². The van der Waals surface area contributed by atoms with Gasteiger partial charge in [-0.2, -0.15) is 0 Å². The van der Waals surface area contributed by atoms with E-state index in [1.807, 2.05) is 0 Å². The first kappa shape index (κ1) is 50.0. The predicted octanol–water partition coefficient (Wildman–Crippen LogP) is 12.7. The van der Waals surface area contributed by atoms with E-state index in [2.05, 4.69) is 67.0 Å². The minimum absolute atomic E-state index is 0.201. The zero-order chi connectivity index (χ0) is 38.2. The van der Waals surface area contributed by atoms with E-state index in [9.17, 15) is 14.2 Å². The average molecular weight is 753 g/mol. The summed E-state index contributed by atoms with van der Waals surface area (Å²) in [6.07, 6.45) is 46.8. The molecule has 8 nitrogen and oxygen atoms in total. The normalized spacial score (nSPS) is 12.9. The third-order valence-electron chi connectivity index (χ3n) is 8.82. The molecule has 0 radical (unpaired) electrons.